The molecular weight excluding hydrogens is 252 g/mol. The van der Waals surface area contributed by atoms with Crippen LogP contribution in [0.25, 0.3) is 11.0 Å². The monoisotopic (exact) mass is 272 g/mol. The van der Waals surface area contributed by atoms with E-state index in [1.165, 1.54) is 0 Å². The normalized spacial score (nSPS) is 15.8. The highest BCUT2D eigenvalue weighted by atomic mass is 16.4. The number of hydrogen-bond acceptors (Lipinski definition) is 4. The van der Waals surface area contributed by atoms with Crippen molar-refractivity contribution in [1.29, 1.82) is 0 Å². The fourth-order valence-corrected chi connectivity index (χ4v) is 2.72. The van der Waals surface area contributed by atoms with Crippen LogP contribution in [-0.4, -0.2) is 30.6 Å². The predicted octanol–water partition coefficient (Wildman–Crippen LogP) is 1.90. The van der Waals surface area contributed by atoms with Crippen LogP contribution in [0.4, 0.5) is 0 Å². The molecule has 1 saturated heterocycles. The molecule has 0 unspecified atom stereocenters. The van der Waals surface area contributed by atoms with Crippen LogP contribution in [0.1, 0.15) is 18.1 Å². The summed E-state index contributed by atoms with van der Waals surface area (Å²) < 4.78 is 5.31. The number of aryl methyl sites for hydroxylation is 1. The zero-order chi connectivity index (χ0) is 14.1. The van der Waals surface area contributed by atoms with Gasteiger partial charge in [-0.15, -0.1) is 0 Å². The van der Waals surface area contributed by atoms with E-state index < -0.39 is 0 Å². The lowest BCUT2D eigenvalue weighted by Crippen LogP contribution is -2.56. The highest BCUT2D eigenvalue weighted by Crippen LogP contribution is 2.21. The van der Waals surface area contributed by atoms with Gasteiger partial charge in [0.25, 0.3) is 0 Å². The topological polar surface area (TPSA) is 45.5 Å². The summed E-state index contributed by atoms with van der Waals surface area (Å²) in [6, 6.07) is 8.25. The Bertz CT molecular complexity index is 674. The Balaban J connectivity index is 1.99. The van der Waals surface area contributed by atoms with Gasteiger partial charge in [0.2, 0.25) is 0 Å². The summed E-state index contributed by atoms with van der Waals surface area (Å²) in [5.74, 6) is 0. The Morgan fingerprint density at radius 2 is 2.15 bits per heavy atom. The second kappa shape index (κ2) is 5.38. The Hall–Kier alpha value is -1.65. The predicted molar refractivity (Wildman–Crippen MR) is 80.0 cm³/mol. The number of hydrogen-bond donors (Lipinski definition) is 1. The second-order valence-electron chi connectivity index (χ2n) is 5.47. The van der Waals surface area contributed by atoms with Gasteiger partial charge in [0.05, 0.1) is 0 Å². The van der Waals surface area contributed by atoms with Crippen LogP contribution >= 0.6 is 0 Å². The maximum atomic E-state index is 11.7. The Morgan fingerprint density at radius 1 is 1.35 bits per heavy atom. The van der Waals surface area contributed by atoms with Crippen LogP contribution in [0.15, 0.2) is 33.5 Å². The van der Waals surface area contributed by atoms with E-state index in [4.69, 9.17) is 4.42 Å². The first-order valence-electron chi connectivity index (χ1n) is 7.15. The van der Waals surface area contributed by atoms with E-state index >= 15 is 0 Å². The smallest absolute Gasteiger partial charge is 0.336 e. The quantitative estimate of drug-likeness (QED) is 0.863. The van der Waals surface area contributed by atoms with Crippen LogP contribution in [0, 0.1) is 6.92 Å². The van der Waals surface area contributed by atoms with Gasteiger partial charge < -0.3 is 9.73 Å². The molecule has 1 N–H and O–H groups in total. The summed E-state index contributed by atoms with van der Waals surface area (Å²) in [5, 5.41) is 4.34. The third-order valence-corrected chi connectivity index (χ3v) is 4.04. The van der Waals surface area contributed by atoms with Crippen molar-refractivity contribution >= 4 is 11.0 Å². The first-order chi connectivity index (χ1) is 9.67. The van der Waals surface area contributed by atoms with Crippen molar-refractivity contribution in [3.63, 3.8) is 0 Å². The number of nitrogens with one attached hydrogen (secondary N) is 1. The van der Waals surface area contributed by atoms with Gasteiger partial charge in [0.15, 0.2) is 0 Å². The lowest BCUT2D eigenvalue weighted by atomic mass is 10.1. The summed E-state index contributed by atoms with van der Waals surface area (Å²) in [4.78, 5) is 14.1. The molecule has 20 heavy (non-hydrogen) atoms. The van der Waals surface area contributed by atoms with Gasteiger partial charge >= 0.3 is 5.63 Å². The molecule has 0 atom stereocenters. The van der Waals surface area contributed by atoms with Gasteiger partial charge in [-0.3, -0.25) is 4.90 Å². The standard InChI is InChI=1S/C16H20N2O2/c1-3-18(13-8-17-9-13)10-12-7-16(19)20-15-6-11(2)4-5-14(12)15/h4-7,13,17H,3,8-10H2,1-2H3. The lowest BCUT2D eigenvalue weighted by molar-refractivity contribution is 0.145. The van der Waals surface area contributed by atoms with Crippen LogP contribution in [-0.2, 0) is 6.54 Å². The van der Waals surface area contributed by atoms with Crippen LogP contribution in [0.5, 0.6) is 0 Å². The highest BCUT2D eigenvalue weighted by Gasteiger charge is 2.23. The van der Waals surface area contributed by atoms with Crippen molar-refractivity contribution in [3.05, 3.63) is 45.8 Å². The van der Waals surface area contributed by atoms with Crippen LogP contribution in [0.2, 0.25) is 0 Å². The minimum absolute atomic E-state index is 0.263. The molecule has 4 heteroatoms. The van der Waals surface area contributed by atoms with Gasteiger partial charge in [0, 0.05) is 37.1 Å². The van der Waals surface area contributed by atoms with Crippen LogP contribution in [0.3, 0.4) is 0 Å². The molecule has 0 bridgehead atoms. The molecule has 106 valence electrons. The summed E-state index contributed by atoms with van der Waals surface area (Å²) in [6.07, 6.45) is 0. The SMILES string of the molecule is CCN(Cc1cc(=O)oc2cc(C)ccc12)C1CNC1. The molecule has 1 aliphatic heterocycles. The van der Waals surface area contributed by atoms with Gasteiger partial charge in [-0.25, -0.2) is 4.79 Å². The molecule has 2 heterocycles. The largest absolute Gasteiger partial charge is 0.423 e. The number of fused-ring (bicyclic) bond motifs is 1. The van der Waals surface area contributed by atoms with Crippen molar-refractivity contribution in [2.75, 3.05) is 19.6 Å². The summed E-state index contributed by atoms with van der Waals surface area (Å²) in [6.45, 7) is 8.02. The molecule has 3 rings (SSSR count). The molecule has 0 amide bonds. The third kappa shape index (κ3) is 2.49. The van der Waals surface area contributed by atoms with E-state index in [0.29, 0.717) is 11.6 Å². The average molecular weight is 272 g/mol. The summed E-state index contributed by atoms with van der Waals surface area (Å²) >= 11 is 0. The number of benzene rings is 1. The van der Waals surface area contributed by atoms with Crippen molar-refractivity contribution in [2.45, 2.75) is 26.4 Å². The molecule has 0 radical (unpaired) electrons. The molecule has 0 aliphatic carbocycles. The molecule has 0 spiro atoms. The fraction of sp³-hybridized carbons (Fsp3) is 0.438. The molecular formula is C16H20N2O2. The molecule has 2 aromatic rings. The zero-order valence-electron chi connectivity index (χ0n) is 12.0. The molecule has 1 aliphatic rings. The zero-order valence-corrected chi connectivity index (χ0v) is 12.0. The third-order valence-electron chi connectivity index (χ3n) is 4.04. The van der Waals surface area contributed by atoms with E-state index in [2.05, 4.69) is 29.3 Å². The first kappa shape index (κ1) is 13.3. The van der Waals surface area contributed by atoms with E-state index in [0.717, 1.165) is 42.7 Å². The van der Waals surface area contributed by atoms with Gasteiger partial charge in [0.1, 0.15) is 5.58 Å². The van der Waals surface area contributed by atoms with Crippen molar-refractivity contribution < 1.29 is 4.42 Å². The minimum atomic E-state index is -0.263. The Labute approximate surface area is 118 Å². The molecule has 1 fully saturated rings. The number of likely N-dealkylation sites (N-methyl/N-ethyl adjacent to an activating group) is 1. The van der Waals surface area contributed by atoms with Gasteiger partial charge in [-0.2, -0.15) is 0 Å². The molecule has 4 nitrogen and oxygen atoms in total. The fourth-order valence-electron chi connectivity index (χ4n) is 2.72. The molecule has 0 saturated carbocycles. The Kier molecular flexibility index (Phi) is 3.59. The number of rotatable bonds is 4. The van der Waals surface area contributed by atoms with Gasteiger partial charge in [-0.05, 0) is 30.7 Å². The van der Waals surface area contributed by atoms with Gasteiger partial charge in [-0.1, -0.05) is 19.1 Å². The average Bonchev–Trinajstić information content (AvgIpc) is 2.34. The molecule has 1 aromatic carbocycles. The van der Waals surface area contributed by atoms with Crippen LogP contribution < -0.4 is 10.9 Å². The summed E-state index contributed by atoms with van der Waals surface area (Å²) in [7, 11) is 0. The second-order valence-corrected chi connectivity index (χ2v) is 5.47. The lowest BCUT2D eigenvalue weighted by Gasteiger charge is -2.37. The van der Waals surface area contributed by atoms with Crippen molar-refractivity contribution in [2.24, 2.45) is 0 Å². The molecule has 1 aromatic heterocycles. The van der Waals surface area contributed by atoms with Crippen molar-refractivity contribution in [1.82, 2.24) is 10.2 Å². The maximum absolute atomic E-state index is 11.7. The minimum Gasteiger partial charge on any atom is -0.423 e. The van der Waals surface area contributed by atoms with E-state index in [1.54, 1.807) is 6.07 Å². The van der Waals surface area contributed by atoms with Crippen molar-refractivity contribution in [3.8, 4) is 0 Å². The van der Waals surface area contributed by atoms with E-state index in [1.807, 2.05) is 13.0 Å². The first-order valence-corrected chi connectivity index (χ1v) is 7.15. The highest BCUT2D eigenvalue weighted by molar-refractivity contribution is 5.80. The van der Waals surface area contributed by atoms with E-state index in [-0.39, 0.29) is 5.63 Å². The number of nitrogens with zero attached hydrogens (tertiary/aromatic N) is 1. The summed E-state index contributed by atoms with van der Waals surface area (Å²) in [5.41, 5.74) is 2.59. The Morgan fingerprint density at radius 3 is 2.80 bits per heavy atom. The van der Waals surface area contributed by atoms with E-state index in [9.17, 15) is 4.79 Å². The maximum Gasteiger partial charge on any atom is 0.336 e.